The van der Waals surface area contributed by atoms with Gasteiger partial charge in [-0.05, 0) is 31.5 Å². The molecule has 4 heteroatoms. The van der Waals surface area contributed by atoms with Crippen molar-refractivity contribution in [1.29, 1.82) is 0 Å². The van der Waals surface area contributed by atoms with Crippen LogP contribution in [0.2, 0.25) is 0 Å². The molecule has 0 spiro atoms. The molecule has 0 saturated carbocycles. The van der Waals surface area contributed by atoms with Gasteiger partial charge in [0.2, 0.25) is 0 Å². The van der Waals surface area contributed by atoms with Crippen LogP contribution in [0.5, 0.6) is 0 Å². The van der Waals surface area contributed by atoms with Crippen LogP contribution in [0.15, 0.2) is 6.07 Å². The summed E-state index contributed by atoms with van der Waals surface area (Å²) in [7, 11) is 0. The van der Waals surface area contributed by atoms with E-state index in [9.17, 15) is 4.79 Å². The lowest BCUT2D eigenvalue weighted by Crippen LogP contribution is -2.14. The van der Waals surface area contributed by atoms with Gasteiger partial charge in [-0.15, -0.1) is 11.3 Å². The Labute approximate surface area is 94.1 Å². The number of carboxylic acids is 1. The minimum absolute atomic E-state index is 0.430. The van der Waals surface area contributed by atoms with Crippen molar-refractivity contribution in [1.82, 2.24) is 5.32 Å². The van der Waals surface area contributed by atoms with E-state index < -0.39 is 5.97 Å². The highest BCUT2D eigenvalue weighted by molar-refractivity contribution is 7.14. The van der Waals surface area contributed by atoms with Crippen LogP contribution < -0.4 is 5.32 Å². The lowest BCUT2D eigenvalue weighted by Gasteiger charge is -2.02. The molecular formula is C11H17NO2S. The number of carboxylic acid groups (broad SMARTS) is 1. The molecule has 0 fully saturated rings. The summed E-state index contributed by atoms with van der Waals surface area (Å²) in [4.78, 5) is 12.3. The lowest BCUT2D eigenvalue weighted by molar-refractivity contribution is 0.0702. The Morgan fingerprint density at radius 2 is 2.33 bits per heavy atom. The van der Waals surface area contributed by atoms with E-state index in [0.717, 1.165) is 30.0 Å². The summed E-state index contributed by atoms with van der Waals surface area (Å²) in [6.07, 6.45) is 2.34. The molecule has 1 aromatic rings. The van der Waals surface area contributed by atoms with Crippen molar-refractivity contribution < 1.29 is 9.90 Å². The summed E-state index contributed by atoms with van der Waals surface area (Å²) in [6, 6.07) is 1.77. The molecule has 0 aromatic carbocycles. The largest absolute Gasteiger partial charge is 0.477 e. The fraction of sp³-hybridized carbons (Fsp3) is 0.545. The summed E-state index contributed by atoms with van der Waals surface area (Å²) < 4.78 is 0. The fourth-order valence-corrected chi connectivity index (χ4v) is 2.21. The van der Waals surface area contributed by atoms with Crippen LogP contribution >= 0.6 is 11.3 Å². The van der Waals surface area contributed by atoms with Crippen molar-refractivity contribution >= 4 is 17.3 Å². The van der Waals surface area contributed by atoms with Crippen LogP contribution in [0.1, 0.15) is 39.9 Å². The molecule has 0 aliphatic rings. The van der Waals surface area contributed by atoms with E-state index in [1.54, 1.807) is 6.07 Å². The highest BCUT2D eigenvalue weighted by atomic mass is 32.1. The maximum absolute atomic E-state index is 10.7. The number of hydrogen-bond acceptors (Lipinski definition) is 3. The van der Waals surface area contributed by atoms with Gasteiger partial charge in [0.1, 0.15) is 4.88 Å². The van der Waals surface area contributed by atoms with Gasteiger partial charge in [0, 0.05) is 11.4 Å². The molecule has 0 aliphatic carbocycles. The van der Waals surface area contributed by atoms with Crippen molar-refractivity contribution in [2.75, 3.05) is 6.54 Å². The molecule has 0 unspecified atom stereocenters. The molecule has 0 amide bonds. The number of hydrogen-bond donors (Lipinski definition) is 2. The van der Waals surface area contributed by atoms with Gasteiger partial charge in [-0.3, -0.25) is 0 Å². The molecule has 0 saturated heterocycles. The number of thiophene rings is 1. The van der Waals surface area contributed by atoms with Crippen LogP contribution in [0.25, 0.3) is 0 Å². The van der Waals surface area contributed by atoms with Crippen LogP contribution in [0.3, 0.4) is 0 Å². The number of carbonyl (C=O) groups is 1. The van der Waals surface area contributed by atoms with E-state index in [1.165, 1.54) is 17.8 Å². The van der Waals surface area contributed by atoms with Crippen LogP contribution in [-0.4, -0.2) is 17.6 Å². The van der Waals surface area contributed by atoms with Gasteiger partial charge < -0.3 is 10.4 Å². The molecular weight excluding hydrogens is 210 g/mol. The van der Waals surface area contributed by atoms with Gasteiger partial charge in [-0.1, -0.05) is 13.3 Å². The fourth-order valence-electron chi connectivity index (χ4n) is 1.33. The van der Waals surface area contributed by atoms with Crippen molar-refractivity contribution in [2.45, 2.75) is 33.2 Å². The second-order valence-electron chi connectivity index (χ2n) is 3.53. The summed E-state index contributed by atoms with van der Waals surface area (Å²) in [5.41, 5.74) is 1.11. The van der Waals surface area contributed by atoms with Crippen molar-refractivity contribution in [3.8, 4) is 0 Å². The predicted octanol–water partition coefficient (Wildman–Crippen LogP) is 2.64. The molecule has 15 heavy (non-hydrogen) atoms. The Morgan fingerprint density at radius 1 is 1.60 bits per heavy atom. The Hall–Kier alpha value is -0.870. The minimum atomic E-state index is -0.831. The second kappa shape index (κ2) is 5.88. The normalized spacial score (nSPS) is 10.5. The minimum Gasteiger partial charge on any atom is -0.477 e. The average molecular weight is 227 g/mol. The number of rotatable bonds is 6. The van der Waals surface area contributed by atoms with Crippen LogP contribution in [-0.2, 0) is 6.54 Å². The Kier molecular flexibility index (Phi) is 4.78. The van der Waals surface area contributed by atoms with Gasteiger partial charge in [0.05, 0.1) is 0 Å². The molecule has 1 heterocycles. The molecule has 1 rings (SSSR count). The zero-order valence-electron chi connectivity index (χ0n) is 9.17. The highest BCUT2D eigenvalue weighted by Crippen LogP contribution is 2.21. The molecule has 0 radical (unpaired) electrons. The average Bonchev–Trinajstić information content (AvgIpc) is 2.55. The summed E-state index contributed by atoms with van der Waals surface area (Å²) in [5, 5.41) is 12.1. The first-order chi connectivity index (χ1) is 7.15. The quantitative estimate of drug-likeness (QED) is 0.734. The third-order valence-electron chi connectivity index (χ3n) is 2.25. The standard InChI is InChI=1S/C11H17NO2S/c1-3-4-5-12-7-9-6-10(11(13)14)15-8(9)2/h6,12H,3-5,7H2,1-2H3,(H,13,14). The van der Waals surface area contributed by atoms with Crippen molar-refractivity contribution in [3.05, 3.63) is 21.4 Å². The number of unbranched alkanes of at least 4 members (excludes halogenated alkanes) is 1. The first-order valence-electron chi connectivity index (χ1n) is 5.18. The monoisotopic (exact) mass is 227 g/mol. The second-order valence-corrected chi connectivity index (χ2v) is 4.78. The smallest absolute Gasteiger partial charge is 0.345 e. The van der Waals surface area contributed by atoms with Gasteiger partial charge in [0.25, 0.3) is 0 Å². The Bertz CT molecular complexity index is 333. The SMILES string of the molecule is CCCCNCc1cc(C(=O)O)sc1C. The van der Waals surface area contributed by atoms with Gasteiger partial charge in [-0.2, -0.15) is 0 Å². The van der Waals surface area contributed by atoms with Gasteiger partial charge >= 0.3 is 5.97 Å². The predicted molar refractivity (Wildman–Crippen MR) is 62.6 cm³/mol. The summed E-state index contributed by atoms with van der Waals surface area (Å²) >= 11 is 1.35. The molecule has 3 nitrogen and oxygen atoms in total. The molecule has 0 bridgehead atoms. The van der Waals surface area contributed by atoms with E-state index in [0.29, 0.717) is 4.88 Å². The Morgan fingerprint density at radius 3 is 2.87 bits per heavy atom. The molecule has 84 valence electrons. The summed E-state index contributed by atoms with van der Waals surface area (Å²) in [5.74, 6) is -0.831. The van der Waals surface area contributed by atoms with E-state index >= 15 is 0 Å². The highest BCUT2D eigenvalue weighted by Gasteiger charge is 2.10. The first kappa shape index (κ1) is 12.2. The van der Waals surface area contributed by atoms with Crippen LogP contribution in [0.4, 0.5) is 0 Å². The first-order valence-corrected chi connectivity index (χ1v) is 6.00. The Balaban J connectivity index is 2.50. The maximum Gasteiger partial charge on any atom is 0.345 e. The maximum atomic E-state index is 10.7. The number of aromatic carboxylic acids is 1. The molecule has 1 aromatic heterocycles. The topological polar surface area (TPSA) is 49.3 Å². The van der Waals surface area contributed by atoms with E-state index in [1.807, 2.05) is 6.92 Å². The van der Waals surface area contributed by atoms with E-state index in [4.69, 9.17) is 5.11 Å². The number of aryl methyl sites for hydroxylation is 1. The van der Waals surface area contributed by atoms with Crippen LogP contribution in [0, 0.1) is 6.92 Å². The molecule has 0 aliphatic heterocycles. The summed E-state index contributed by atoms with van der Waals surface area (Å²) in [6.45, 7) is 5.89. The van der Waals surface area contributed by atoms with Gasteiger partial charge in [0.15, 0.2) is 0 Å². The van der Waals surface area contributed by atoms with Crippen molar-refractivity contribution in [3.63, 3.8) is 0 Å². The third-order valence-corrected chi connectivity index (χ3v) is 3.33. The molecule has 0 atom stereocenters. The zero-order chi connectivity index (χ0) is 11.3. The molecule has 2 N–H and O–H groups in total. The zero-order valence-corrected chi connectivity index (χ0v) is 9.99. The van der Waals surface area contributed by atoms with E-state index in [2.05, 4.69) is 12.2 Å². The third kappa shape index (κ3) is 3.64. The number of nitrogens with one attached hydrogen (secondary N) is 1. The van der Waals surface area contributed by atoms with Gasteiger partial charge in [-0.25, -0.2) is 4.79 Å². The van der Waals surface area contributed by atoms with E-state index in [-0.39, 0.29) is 0 Å². The van der Waals surface area contributed by atoms with Crippen molar-refractivity contribution in [2.24, 2.45) is 0 Å². The lowest BCUT2D eigenvalue weighted by atomic mass is 10.2.